The van der Waals surface area contributed by atoms with Crippen LogP contribution in [0.25, 0.3) is 0 Å². The first-order valence-corrected chi connectivity index (χ1v) is 6.82. The Morgan fingerprint density at radius 1 is 1.27 bits per heavy atom. The second-order valence-corrected chi connectivity index (χ2v) is 5.36. The van der Waals surface area contributed by atoms with E-state index < -0.39 is 27.1 Å². The molecule has 0 aliphatic heterocycles. The molecule has 0 radical (unpaired) electrons. The number of rotatable bonds is 4. The molecule has 1 aromatic heterocycles. The molecular weight excluding hydrogens is 409 g/mol. The second kappa shape index (κ2) is 6.05. The number of hydrogen-bond donors (Lipinski definition) is 2. The zero-order valence-corrected chi connectivity index (χ0v) is 13.2. The Labute approximate surface area is 136 Å². The lowest BCUT2D eigenvalue weighted by atomic mass is 10.1. The van der Waals surface area contributed by atoms with Gasteiger partial charge in [-0.3, -0.25) is 30.1 Å². The van der Waals surface area contributed by atoms with Crippen molar-refractivity contribution in [3.63, 3.8) is 0 Å². The number of carbonyl (C=O) groups excluding carboxylic acids is 1. The maximum Gasteiger partial charge on any atom is 0.281 e. The first-order chi connectivity index (χ1) is 10.3. The van der Waals surface area contributed by atoms with E-state index in [9.17, 15) is 25.0 Å². The van der Waals surface area contributed by atoms with Crippen LogP contribution in [0.4, 0.5) is 17.1 Å². The van der Waals surface area contributed by atoms with Gasteiger partial charge >= 0.3 is 0 Å². The van der Waals surface area contributed by atoms with Gasteiger partial charge in [-0.2, -0.15) is 5.10 Å². The summed E-state index contributed by atoms with van der Waals surface area (Å²) in [4.78, 5) is 32.5. The van der Waals surface area contributed by atoms with Gasteiger partial charge in [-0.1, -0.05) is 0 Å². The van der Waals surface area contributed by atoms with Gasteiger partial charge in [0, 0.05) is 12.1 Å². The number of hydrogen-bond acceptors (Lipinski definition) is 6. The van der Waals surface area contributed by atoms with Crippen LogP contribution in [0.2, 0.25) is 0 Å². The molecule has 2 aromatic rings. The average molecular weight is 417 g/mol. The van der Waals surface area contributed by atoms with Gasteiger partial charge in [-0.25, -0.2) is 0 Å². The molecule has 2 rings (SSSR count). The van der Waals surface area contributed by atoms with Crippen molar-refractivity contribution in [2.75, 3.05) is 5.32 Å². The van der Waals surface area contributed by atoms with Crippen LogP contribution in [-0.2, 0) is 0 Å². The van der Waals surface area contributed by atoms with Gasteiger partial charge in [-0.15, -0.1) is 0 Å². The molecule has 0 spiro atoms. The van der Waals surface area contributed by atoms with Crippen LogP contribution in [-0.4, -0.2) is 26.0 Å². The zero-order valence-electron chi connectivity index (χ0n) is 11.0. The minimum Gasteiger partial charge on any atom is -0.320 e. The minimum absolute atomic E-state index is 0.0422. The summed E-state index contributed by atoms with van der Waals surface area (Å²) in [7, 11) is 0. The van der Waals surface area contributed by atoms with Gasteiger partial charge in [0.25, 0.3) is 17.3 Å². The number of nitro groups is 2. The maximum atomic E-state index is 12.0. The predicted molar refractivity (Wildman–Crippen MR) is 83.7 cm³/mol. The van der Waals surface area contributed by atoms with E-state index in [1.54, 1.807) is 0 Å². The highest BCUT2D eigenvalue weighted by Gasteiger charge is 2.24. The van der Waals surface area contributed by atoms with Gasteiger partial charge in [-0.05, 0) is 29.5 Å². The molecule has 114 valence electrons. The molecule has 1 amide bonds. The lowest BCUT2D eigenvalue weighted by Gasteiger charge is -2.06. The third kappa shape index (κ3) is 3.03. The Balaban J connectivity index is 2.43. The SMILES string of the molecule is Cc1c([N+](=O)[O-])cc(NC(=O)c2[nH]ncc2I)cc1[N+](=O)[O-]. The molecule has 11 heteroatoms. The Morgan fingerprint density at radius 2 is 1.82 bits per heavy atom. The number of nitrogens with one attached hydrogen (secondary N) is 2. The fourth-order valence-corrected chi connectivity index (χ4v) is 2.26. The number of carbonyl (C=O) groups is 1. The van der Waals surface area contributed by atoms with Gasteiger partial charge in [0.05, 0.1) is 25.3 Å². The molecule has 0 saturated carbocycles. The van der Waals surface area contributed by atoms with Crippen LogP contribution < -0.4 is 5.32 Å². The van der Waals surface area contributed by atoms with Crippen molar-refractivity contribution in [1.82, 2.24) is 10.2 Å². The molecule has 0 saturated heterocycles. The lowest BCUT2D eigenvalue weighted by molar-refractivity contribution is -0.395. The van der Waals surface area contributed by atoms with Crippen molar-refractivity contribution in [2.24, 2.45) is 0 Å². The molecule has 1 aromatic carbocycles. The first kappa shape index (κ1) is 15.8. The Morgan fingerprint density at radius 3 is 2.23 bits per heavy atom. The van der Waals surface area contributed by atoms with Crippen molar-refractivity contribution in [3.8, 4) is 0 Å². The van der Waals surface area contributed by atoms with Crippen molar-refractivity contribution in [1.29, 1.82) is 0 Å². The Hall–Kier alpha value is -2.57. The van der Waals surface area contributed by atoms with Crippen molar-refractivity contribution < 1.29 is 14.6 Å². The number of aromatic nitrogens is 2. The van der Waals surface area contributed by atoms with Gasteiger partial charge in [0.15, 0.2) is 0 Å². The predicted octanol–water partition coefficient (Wildman–Crippen LogP) is 2.39. The number of aromatic amines is 1. The standard InChI is InChI=1S/C11H8IN5O5/c1-5-8(16(19)20)2-6(3-9(5)17(21)22)14-11(18)10-7(12)4-13-15-10/h2-4H,1H3,(H,13,15)(H,14,18). The third-order valence-electron chi connectivity index (χ3n) is 2.82. The van der Waals surface area contributed by atoms with E-state index in [0.717, 1.165) is 12.1 Å². The summed E-state index contributed by atoms with van der Waals surface area (Å²) in [5.41, 5.74) is -0.845. The van der Waals surface area contributed by atoms with E-state index in [0.29, 0.717) is 3.57 Å². The summed E-state index contributed by atoms with van der Waals surface area (Å²) in [6.07, 6.45) is 1.43. The highest BCUT2D eigenvalue weighted by atomic mass is 127. The molecule has 0 aliphatic carbocycles. The molecule has 2 N–H and O–H groups in total. The highest BCUT2D eigenvalue weighted by Crippen LogP contribution is 2.31. The Kier molecular flexibility index (Phi) is 4.35. The van der Waals surface area contributed by atoms with Crippen LogP contribution in [0.1, 0.15) is 16.1 Å². The van der Waals surface area contributed by atoms with E-state index in [1.807, 2.05) is 22.6 Å². The number of anilines is 1. The number of halogens is 1. The number of nitro benzene ring substituents is 2. The van der Waals surface area contributed by atoms with Gasteiger partial charge in [0.1, 0.15) is 11.3 Å². The lowest BCUT2D eigenvalue weighted by Crippen LogP contribution is -2.14. The number of H-pyrrole nitrogens is 1. The van der Waals surface area contributed by atoms with Crippen LogP contribution in [0.5, 0.6) is 0 Å². The van der Waals surface area contributed by atoms with Crippen LogP contribution in [0, 0.1) is 30.7 Å². The zero-order chi connectivity index (χ0) is 16.4. The molecular formula is C11H8IN5O5. The summed E-state index contributed by atoms with van der Waals surface area (Å²) >= 11 is 1.88. The van der Waals surface area contributed by atoms with E-state index in [-0.39, 0.29) is 16.9 Å². The molecule has 0 bridgehead atoms. The van der Waals surface area contributed by atoms with E-state index >= 15 is 0 Å². The second-order valence-electron chi connectivity index (χ2n) is 4.20. The monoisotopic (exact) mass is 417 g/mol. The molecule has 0 aliphatic rings. The number of benzene rings is 1. The minimum atomic E-state index is -0.738. The highest BCUT2D eigenvalue weighted by molar-refractivity contribution is 14.1. The first-order valence-electron chi connectivity index (χ1n) is 5.75. The topological polar surface area (TPSA) is 144 Å². The summed E-state index contributed by atoms with van der Waals surface area (Å²) in [5, 5.41) is 30.5. The largest absolute Gasteiger partial charge is 0.320 e. The normalized spacial score (nSPS) is 10.3. The molecule has 1 heterocycles. The molecule has 0 unspecified atom stereocenters. The fraction of sp³-hybridized carbons (Fsp3) is 0.0909. The summed E-state index contributed by atoms with van der Waals surface area (Å²) < 4.78 is 0.547. The number of nitrogens with zero attached hydrogens (tertiary/aromatic N) is 3. The molecule has 22 heavy (non-hydrogen) atoms. The molecule has 10 nitrogen and oxygen atoms in total. The van der Waals surface area contributed by atoms with Crippen molar-refractivity contribution >= 4 is 45.6 Å². The van der Waals surface area contributed by atoms with Crippen LogP contribution >= 0.6 is 22.6 Å². The van der Waals surface area contributed by atoms with Crippen LogP contribution in [0.15, 0.2) is 18.3 Å². The van der Waals surface area contributed by atoms with E-state index in [1.165, 1.54) is 13.1 Å². The quantitative estimate of drug-likeness (QED) is 0.444. The van der Waals surface area contributed by atoms with E-state index in [2.05, 4.69) is 15.5 Å². The van der Waals surface area contributed by atoms with Crippen molar-refractivity contribution in [3.05, 3.63) is 53.4 Å². The Bertz CT molecular complexity index is 752. The fourth-order valence-electron chi connectivity index (χ4n) is 1.76. The summed E-state index contributed by atoms with van der Waals surface area (Å²) in [6.45, 7) is 1.28. The van der Waals surface area contributed by atoms with Crippen molar-refractivity contribution in [2.45, 2.75) is 6.92 Å². The molecule has 0 atom stereocenters. The smallest absolute Gasteiger partial charge is 0.281 e. The third-order valence-corrected chi connectivity index (χ3v) is 3.64. The summed E-state index contributed by atoms with van der Waals surface area (Å²) in [6, 6.07) is 2.15. The average Bonchev–Trinajstić information content (AvgIpc) is 2.86. The number of amides is 1. The van der Waals surface area contributed by atoms with Gasteiger partial charge in [0.2, 0.25) is 0 Å². The van der Waals surface area contributed by atoms with E-state index in [4.69, 9.17) is 0 Å². The summed E-state index contributed by atoms with van der Waals surface area (Å²) in [5.74, 6) is -0.602. The van der Waals surface area contributed by atoms with Crippen LogP contribution in [0.3, 0.4) is 0 Å². The van der Waals surface area contributed by atoms with Gasteiger partial charge < -0.3 is 5.32 Å². The maximum absolute atomic E-state index is 12.0. The molecule has 0 fully saturated rings.